The van der Waals surface area contributed by atoms with Gasteiger partial charge in [-0.25, -0.2) is 8.42 Å². The molecule has 1 aliphatic rings. The molecule has 2 N–H and O–H groups in total. The normalized spacial score (nSPS) is 25.7. The Hall–Kier alpha value is -0.870. The van der Waals surface area contributed by atoms with Crippen LogP contribution in [0.2, 0.25) is 0 Å². The second kappa shape index (κ2) is 5.19. The van der Waals surface area contributed by atoms with E-state index in [1.54, 1.807) is 0 Å². The van der Waals surface area contributed by atoms with Crippen molar-refractivity contribution in [3.05, 3.63) is 35.9 Å². The summed E-state index contributed by atoms with van der Waals surface area (Å²) >= 11 is 0. The van der Waals surface area contributed by atoms with Crippen molar-refractivity contribution < 1.29 is 8.42 Å². The van der Waals surface area contributed by atoms with E-state index in [9.17, 15) is 8.42 Å². The Labute approximate surface area is 103 Å². The van der Waals surface area contributed by atoms with E-state index in [1.165, 1.54) is 0 Å². The lowest BCUT2D eigenvalue weighted by atomic mass is 9.96. The van der Waals surface area contributed by atoms with E-state index in [-0.39, 0.29) is 17.0 Å². The number of hydrogen-bond acceptors (Lipinski definition) is 3. The van der Waals surface area contributed by atoms with Crippen LogP contribution in [0.1, 0.15) is 31.2 Å². The van der Waals surface area contributed by atoms with Gasteiger partial charge in [-0.3, -0.25) is 0 Å². The second-order valence-corrected chi connectivity index (χ2v) is 7.11. The van der Waals surface area contributed by atoms with Gasteiger partial charge in [0.25, 0.3) is 0 Å². The molecule has 0 aliphatic heterocycles. The van der Waals surface area contributed by atoms with Gasteiger partial charge in [-0.05, 0) is 31.2 Å². The van der Waals surface area contributed by atoms with Crippen molar-refractivity contribution >= 4 is 9.84 Å². The van der Waals surface area contributed by atoms with Gasteiger partial charge in [-0.15, -0.1) is 0 Å². The second-order valence-electron chi connectivity index (χ2n) is 4.83. The van der Waals surface area contributed by atoms with Crippen LogP contribution in [0, 0.1) is 0 Å². The summed E-state index contributed by atoms with van der Waals surface area (Å²) in [6.45, 7) is 0. The van der Waals surface area contributed by atoms with Gasteiger partial charge in [-0.2, -0.15) is 0 Å². The summed E-state index contributed by atoms with van der Waals surface area (Å²) in [5.41, 5.74) is 6.68. The zero-order valence-electron chi connectivity index (χ0n) is 9.88. The quantitative estimate of drug-likeness (QED) is 0.894. The van der Waals surface area contributed by atoms with Gasteiger partial charge in [-0.1, -0.05) is 30.3 Å². The molecule has 4 heteroatoms. The van der Waals surface area contributed by atoms with Gasteiger partial charge >= 0.3 is 0 Å². The molecule has 0 saturated heterocycles. The molecular weight excluding hydrogens is 234 g/mol. The summed E-state index contributed by atoms with van der Waals surface area (Å²) in [6, 6.07) is 9.58. The summed E-state index contributed by atoms with van der Waals surface area (Å²) in [5.74, 6) is 0.160. The summed E-state index contributed by atoms with van der Waals surface area (Å²) in [5, 5.41) is -0.192. The molecule has 1 aromatic carbocycles. The lowest BCUT2D eigenvalue weighted by Gasteiger charge is -2.25. The highest BCUT2D eigenvalue weighted by molar-refractivity contribution is 7.91. The molecule has 0 unspecified atom stereocenters. The highest BCUT2D eigenvalue weighted by Gasteiger charge is 2.29. The largest absolute Gasteiger partial charge is 0.328 e. The lowest BCUT2D eigenvalue weighted by Crippen LogP contribution is -2.33. The zero-order valence-corrected chi connectivity index (χ0v) is 10.7. The third-order valence-electron chi connectivity index (χ3n) is 3.44. The predicted molar refractivity (Wildman–Crippen MR) is 69.3 cm³/mol. The van der Waals surface area contributed by atoms with E-state index >= 15 is 0 Å². The molecule has 0 amide bonds. The van der Waals surface area contributed by atoms with E-state index in [0.29, 0.717) is 0 Å². The van der Waals surface area contributed by atoms with Crippen LogP contribution in [0.15, 0.2) is 30.3 Å². The van der Waals surface area contributed by atoms with E-state index in [1.807, 2.05) is 30.3 Å². The van der Waals surface area contributed by atoms with Crippen LogP contribution in [-0.2, 0) is 15.6 Å². The smallest absolute Gasteiger partial charge is 0.157 e. The third kappa shape index (κ3) is 3.30. The zero-order chi connectivity index (χ0) is 12.3. The van der Waals surface area contributed by atoms with Gasteiger partial charge in [0.1, 0.15) is 0 Å². The fourth-order valence-electron chi connectivity index (χ4n) is 2.37. The monoisotopic (exact) mass is 253 g/mol. The van der Waals surface area contributed by atoms with Crippen molar-refractivity contribution in [1.29, 1.82) is 0 Å². The van der Waals surface area contributed by atoms with Gasteiger partial charge in [0.05, 0.1) is 11.0 Å². The Bertz CT molecular complexity index is 448. The standard InChI is InChI=1S/C13H19NO2S/c14-12-6-8-13(9-7-12)17(15,16)10-11-4-2-1-3-5-11/h1-5,12-13H,6-10,14H2. The Morgan fingerprint density at radius 2 is 1.65 bits per heavy atom. The van der Waals surface area contributed by atoms with Crippen molar-refractivity contribution in [1.82, 2.24) is 0 Å². The fraction of sp³-hybridized carbons (Fsp3) is 0.538. The minimum atomic E-state index is -3.02. The van der Waals surface area contributed by atoms with Crippen LogP contribution in [0.25, 0.3) is 0 Å². The molecule has 3 nitrogen and oxygen atoms in total. The first kappa shape index (κ1) is 12.6. The van der Waals surface area contributed by atoms with Crippen LogP contribution in [0.3, 0.4) is 0 Å². The average molecular weight is 253 g/mol. The summed E-state index contributed by atoms with van der Waals surface area (Å²) in [7, 11) is -3.02. The maximum absolute atomic E-state index is 12.2. The predicted octanol–water partition coefficient (Wildman–Crippen LogP) is 1.87. The van der Waals surface area contributed by atoms with Gasteiger partial charge in [0.15, 0.2) is 9.84 Å². The maximum atomic E-state index is 12.2. The SMILES string of the molecule is NC1CCC(S(=O)(=O)Cc2ccccc2)CC1. The van der Waals surface area contributed by atoms with Gasteiger partial charge < -0.3 is 5.73 Å². The van der Waals surface area contributed by atoms with Crippen LogP contribution in [0.4, 0.5) is 0 Å². The molecule has 0 bridgehead atoms. The molecule has 1 aliphatic carbocycles. The summed E-state index contributed by atoms with van der Waals surface area (Å²) in [4.78, 5) is 0. The van der Waals surface area contributed by atoms with E-state index in [2.05, 4.69) is 0 Å². The van der Waals surface area contributed by atoms with Gasteiger partial charge in [0.2, 0.25) is 0 Å². The van der Waals surface area contributed by atoms with Crippen LogP contribution < -0.4 is 5.73 Å². The molecule has 0 spiro atoms. The maximum Gasteiger partial charge on any atom is 0.157 e. The van der Waals surface area contributed by atoms with Crippen LogP contribution >= 0.6 is 0 Å². The highest BCUT2D eigenvalue weighted by Crippen LogP contribution is 2.25. The third-order valence-corrected chi connectivity index (χ3v) is 5.66. The van der Waals surface area contributed by atoms with Crippen LogP contribution in [0.5, 0.6) is 0 Å². The molecule has 1 saturated carbocycles. The minimum Gasteiger partial charge on any atom is -0.328 e. The highest BCUT2D eigenvalue weighted by atomic mass is 32.2. The molecule has 0 radical (unpaired) electrons. The van der Waals surface area contributed by atoms with Crippen molar-refractivity contribution in [2.45, 2.75) is 42.7 Å². The van der Waals surface area contributed by atoms with Crippen molar-refractivity contribution in [3.63, 3.8) is 0 Å². The van der Waals surface area contributed by atoms with Crippen molar-refractivity contribution in [3.8, 4) is 0 Å². The lowest BCUT2D eigenvalue weighted by molar-refractivity contribution is 0.433. The van der Waals surface area contributed by atoms with E-state index in [4.69, 9.17) is 5.73 Å². The van der Waals surface area contributed by atoms with Gasteiger partial charge in [0, 0.05) is 6.04 Å². The van der Waals surface area contributed by atoms with Crippen molar-refractivity contribution in [2.75, 3.05) is 0 Å². The first-order valence-corrected chi connectivity index (χ1v) is 7.80. The molecular formula is C13H19NO2S. The summed E-state index contributed by atoms with van der Waals surface area (Å²) < 4.78 is 24.4. The number of hydrogen-bond donors (Lipinski definition) is 1. The van der Waals surface area contributed by atoms with E-state index in [0.717, 1.165) is 31.2 Å². The van der Waals surface area contributed by atoms with E-state index < -0.39 is 9.84 Å². The topological polar surface area (TPSA) is 60.2 Å². The Morgan fingerprint density at radius 3 is 2.24 bits per heavy atom. The van der Waals surface area contributed by atoms with Crippen LogP contribution in [-0.4, -0.2) is 19.7 Å². The molecule has 17 heavy (non-hydrogen) atoms. The fourth-order valence-corrected chi connectivity index (χ4v) is 4.26. The molecule has 0 atom stereocenters. The summed E-state index contributed by atoms with van der Waals surface area (Å²) in [6.07, 6.45) is 3.10. The Morgan fingerprint density at radius 1 is 1.06 bits per heavy atom. The molecule has 2 rings (SSSR count). The minimum absolute atomic E-state index is 0.160. The molecule has 0 aromatic heterocycles. The number of rotatable bonds is 3. The average Bonchev–Trinajstić information content (AvgIpc) is 2.30. The number of sulfone groups is 1. The Kier molecular flexibility index (Phi) is 3.84. The molecule has 1 fully saturated rings. The molecule has 94 valence electrons. The molecule has 0 heterocycles. The first-order valence-electron chi connectivity index (χ1n) is 6.09. The Balaban J connectivity index is 2.04. The number of benzene rings is 1. The first-order chi connectivity index (χ1) is 8.08. The number of nitrogens with two attached hydrogens (primary N) is 1. The van der Waals surface area contributed by atoms with Crippen molar-refractivity contribution in [2.24, 2.45) is 5.73 Å². The molecule has 1 aromatic rings.